The molecule has 0 unspecified atom stereocenters. The van der Waals surface area contributed by atoms with Crippen LogP contribution in [0.4, 0.5) is 0 Å². The van der Waals surface area contributed by atoms with Crippen LogP contribution in [-0.4, -0.2) is 4.57 Å². The molecule has 1 rings (SSSR count). The van der Waals surface area contributed by atoms with Crippen LogP contribution in [0.1, 0.15) is 5.69 Å². The fraction of sp³-hybridized carbons (Fsp3) is 0.333. The van der Waals surface area contributed by atoms with Crippen molar-refractivity contribution in [2.24, 2.45) is 7.05 Å². The molecule has 1 aromatic rings. The summed E-state index contributed by atoms with van der Waals surface area (Å²) in [5, 5.41) is 1.67. The van der Waals surface area contributed by atoms with E-state index in [1.165, 1.54) is 4.57 Å². The van der Waals surface area contributed by atoms with E-state index in [4.69, 9.17) is 0 Å². The molecule has 0 aliphatic heterocycles. The lowest BCUT2D eigenvalue weighted by atomic mass is 10.5. The number of hydrogen-bond acceptors (Lipinski definition) is 3. The van der Waals surface area contributed by atoms with Crippen molar-refractivity contribution in [3.05, 3.63) is 31.0 Å². The molecule has 0 radical (unpaired) electrons. The maximum Gasteiger partial charge on any atom is 0.309 e. The highest BCUT2D eigenvalue weighted by molar-refractivity contribution is 7.07. The predicted octanol–water partition coefficient (Wildman–Crippen LogP) is 0.115. The van der Waals surface area contributed by atoms with Gasteiger partial charge in [-0.05, 0) is 6.92 Å². The van der Waals surface area contributed by atoms with Gasteiger partial charge in [-0.15, -0.1) is 0 Å². The maximum absolute atomic E-state index is 10.9. The SMILES string of the molecule is Cc1csc(=O)c(=O)n1C. The summed E-state index contributed by atoms with van der Waals surface area (Å²) < 4.78 is 0.937. The summed E-state index contributed by atoms with van der Waals surface area (Å²) in [4.78, 5) is 21.5. The Balaban J connectivity index is 3.66. The smallest absolute Gasteiger partial charge is 0.309 e. The van der Waals surface area contributed by atoms with Crippen molar-refractivity contribution in [3.8, 4) is 0 Å². The summed E-state index contributed by atoms with van der Waals surface area (Å²) in [6, 6.07) is 0. The monoisotopic (exact) mass is 157 g/mol. The third-order valence-electron chi connectivity index (χ3n) is 1.34. The Morgan fingerprint density at radius 3 is 2.60 bits per heavy atom. The van der Waals surface area contributed by atoms with Crippen molar-refractivity contribution in [3.63, 3.8) is 0 Å². The van der Waals surface area contributed by atoms with E-state index in [0.717, 1.165) is 17.0 Å². The van der Waals surface area contributed by atoms with Crippen LogP contribution in [0.25, 0.3) is 0 Å². The van der Waals surface area contributed by atoms with Gasteiger partial charge in [-0.2, -0.15) is 0 Å². The first kappa shape index (κ1) is 7.21. The van der Waals surface area contributed by atoms with Crippen LogP contribution in [-0.2, 0) is 7.05 Å². The Labute approximate surface area is 61.6 Å². The average Bonchev–Trinajstić information content (AvgIpc) is 1.93. The third kappa shape index (κ3) is 1.02. The molecule has 0 atom stereocenters. The third-order valence-corrected chi connectivity index (χ3v) is 2.19. The minimum absolute atomic E-state index is 0.409. The lowest BCUT2D eigenvalue weighted by molar-refractivity contribution is 0.821. The molecule has 0 N–H and O–H groups in total. The van der Waals surface area contributed by atoms with Crippen LogP contribution in [0.3, 0.4) is 0 Å². The molecule has 10 heavy (non-hydrogen) atoms. The molecule has 4 heteroatoms. The molecule has 0 bridgehead atoms. The maximum atomic E-state index is 10.9. The second-order valence-corrected chi connectivity index (χ2v) is 2.87. The minimum atomic E-state index is -0.440. The van der Waals surface area contributed by atoms with Crippen LogP contribution in [0.15, 0.2) is 15.0 Å². The van der Waals surface area contributed by atoms with Crippen molar-refractivity contribution in [1.82, 2.24) is 4.57 Å². The first-order valence-electron chi connectivity index (χ1n) is 2.78. The van der Waals surface area contributed by atoms with E-state index < -0.39 is 10.3 Å². The number of hydrogen-bond donors (Lipinski definition) is 0. The summed E-state index contributed by atoms with van der Waals surface area (Å²) in [5.41, 5.74) is 0.375. The van der Waals surface area contributed by atoms with Gasteiger partial charge in [0.05, 0.1) is 0 Å². The van der Waals surface area contributed by atoms with Gasteiger partial charge in [-0.25, -0.2) is 0 Å². The highest BCUT2D eigenvalue weighted by Gasteiger charge is 1.97. The van der Waals surface area contributed by atoms with Crippen LogP contribution < -0.4 is 10.3 Å². The van der Waals surface area contributed by atoms with Crippen molar-refractivity contribution < 1.29 is 0 Å². The van der Waals surface area contributed by atoms with E-state index in [9.17, 15) is 9.59 Å². The topological polar surface area (TPSA) is 39.1 Å². The van der Waals surface area contributed by atoms with Gasteiger partial charge in [-0.1, -0.05) is 11.3 Å². The lowest BCUT2D eigenvalue weighted by Crippen LogP contribution is -2.30. The minimum Gasteiger partial charge on any atom is -0.311 e. The molecule has 3 nitrogen and oxygen atoms in total. The average molecular weight is 157 g/mol. The second-order valence-electron chi connectivity index (χ2n) is 2.03. The highest BCUT2D eigenvalue weighted by atomic mass is 32.1. The Morgan fingerprint density at radius 1 is 1.50 bits per heavy atom. The Morgan fingerprint density at radius 2 is 2.10 bits per heavy atom. The van der Waals surface area contributed by atoms with E-state index in [0.29, 0.717) is 0 Å². The molecule has 0 aromatic carbocycles. The molecule has 1 aromatic heterocycles. The van der Waals surface area contributed by atoms with Gasteiger partial charge >= 0.3 is 5.56 Å². The molecule has 54 valence electrons. The number of rotatable bonds is 0. The first-order chi connectivity index (χ1) is 4.63. The summed E-state index contributed by atoms with van der Waals surface area (Å²) in [7, 11) is 1.59. The van der Waals surface area contributed by atoms with Crippen molar-refractivity contribution >= 4 is 11.3 Å². The molecule has 0 aliphatic carbocycles. The summed E-state index contributed by atoms with van der Waals surface area (Å²) in [6.07, 6.45) is 0. The fourth-order valence-corrected chi connectivity index (χ4v) is 1.24. The van der Waals surface area contributed by atoms with E-state index in [2.05, 4.69) is 0 Å². The Hall–Kier alpha value is -0.900. The van der Waals surface area contributed by atoms with Gasteiger partial charge in [0.25, 0.3) is 4.74 Å². The van der Waals surface area contributed by atoms with Crippen LogP contribution >= 0.6 is 11.3 Å². The van der Waals surface area contributed by atoms with Crippen molar-refractivity contribution in [2.75, 3.05) is 0 Å². The molecular formula is C6H7NO2S. The summed E-state index contributed by atoms with van der Waals surface area (Å²) in [5.74, 6) is 0. The quantitative estimate of drug-likeness (QED) is 0.501. The summed E-state index contributed by atoms with van der Waals surface area (Å²) in [6.45, 7) is 1.79. The van der Waals surface area contributed by atoms with Gasteiger partial charge in [-0.3, -0.25) is 9.59 Å². The molecule has 1 heterocycles. The van der Waals surface area contributed by atoms with Crippen LogP contribution in [0.5, 0.6) is 0 Å². The van der Waals surface area contributed by atoms with E-state index in [1.54, 1.807) is 19.4 Å². The largest absolute Gasteiger partial charge is 0.311 e. The van der Waals surface area contributed by atoms with Gasteiger partial charge in [0, 0.05) is 18.1 Å². The first-order valence-corrected chi connectivity index (χ1v) is 3.66. The molecule has 0 fully saturated rings. The van der Waals surface area contributed by atoms with Gasteiger partial charge < -0.3 is 4.57 Å². The molecule has 0 amide bonds. The summed E-state index contributed by atoms with van der Waals surface area (Å²) >= 11 is 0.946. The molecule has 0 spiro atoms. The van der Waals surface area contributed by atoms with E-state index in [1.807, 2.05) is 0 Å². The van der Waals surface area contributed by atoms with Gasteiger partial charge in [0.15, 0.2) is 0 Å². The normalized spacial score (nSPS) is 9.80. The standard InChI is InChI=1S/C6H7NO2S/c1-4-3-10-6(9)5(8)7(4)2/h3H,1-2H3. The zero-order valence-electron chi connectivity index (χ0n) is 5.75. The number of aromatic nitrogens is 1. The molecular weight excluding hydrogens is 150 g/mol. The van der Waals surface area contributed by atoms with E-state index in [-0.39, 0.29) is 0 Å². The fourth-order valence-electron chi connectivity index (χ4n) is 0.565. The van der Waals surface area contributed by atoms with E-state index >= 15 is 0 Å². The molecule has 0 aliphatic rings. The van der Waals surface area contributed by atoms with Crippen LogP contribution in [0, 0.1) is 6.92 Å². The highest BCUT2D eigenvalue weighted by Crippen LogP contribution is 1.90. The predicted molar refractivity (Wildman–Crippen MR) is 40.6 cm³/mol. The number of aryl methyl sites for hydroxylation is 1. The zero-order valence-corrected chi connectivity index (χ0v) is 6.57. The van der Waals surface area contributed by atoms with Crippen LogP contribution in [0.2, 0.25) is 0 Å². The second kappa shape index (κ2) is 2.38. The molecule has 0 saturated carbocycles. The Bertz CT molecular complexity index is 350. The van der Waals surface area contributed by atoms with Crippen molar-refractivity contribution in [1.29, 1.82) is 0 Å². The van der Waals surface area contributed by atoms with Crippen molar-refractivity contribution in [2.45, 2.75) is 6.92 Å². The number of nitrogens with zero attached hydrogens (tertiary/aromatic N) is 1. The zero-order chi connectivity index (χ0) is 7.72. The lowest BCUT2D eigenvalue weighted by Gasteiger charge is -1.97. The Kier molecular flexibility index (Phi) is 1.72. The van der Waals surface area contributed by atoms with Gasteiger partial charge in [0.1, 0.15) is 0 Å². The molecule has 0 saturated heterocycles. The van der Waals surface area contributed by atoms with Gasteiger partial charge in [0.2, 0.25) is 0 Å².